The number of nitrogens with one attached hydrogen (secondary N) is 2. The topological polar surface area (TPSA) is 75.3 Å². The first-order valence-corrected chi connectivity index (χ1v) is 8.68. The van der Waals surface area contributed by atoms with Gasteiger partial charge in [-0.2, -0.15) is 0 Å². The van der Waals surface area contributed by atoms with Crippen LogP contribution in [0.2, 0.25) is 0 Å². The zero-order chi connectivity index (χ0) is 18.6. The summed E-state index contributed by atoms with van der Waals surface area (Å²) in [7, 11) is -4.07. The molecule has 134 valence electrons. The van der Waals surface area contributed by atoms with E-state index in [9.17, 15) is 26.4 Å². The van der Waals surface area contributed by atoms with Crippen molar-refractivity contribution in [3.05, 3.63) is 59.4 Å². The molecule has 0 unspecified atom stereocenters. The van der Waals surface area contributed by atoms with Crippen molar-refractivity contribution < 1.29 is 26.4 Å². The van der Waals surface area contributed by atoms with Crippen LogP contribution in [0.3, 0.4) is 0 Å². The van der Waals surface area contributed by atoms with Crippen LogP contribution in [-0.2, 0) is 14.8 Å². The van der Waals surface area contributed by atoms with Gasteiger partial charge in [0.25, 0.3) is 0 Å². The number of hydrogen-bond acceptors (Lipinski definition) is 3. The zero-order valence-electron chi connectivity index (χ0n) is 13.1. The van der Waals surface area contributed by atoms with Gasteiger partial charge < -0.3 is 5.32 Å². The van der Waals surface area contributed by atoms with Crippen molar-refractivity contribution in [2.45, 2.75) is 18.2 Å². The van der Waals surface area contributed by atoms with Gasteiger partial charge in [0, 0.05) is 18.7 Å². The molecule has 2 rings (SSSR count). The molecule has 0 heterocycles. The van der Waals surface area contributed by atoms with E-state index in [0.717, 1.165) is 6.07 Å². The number of anilines is 1. The highest BCUT2D eigenvalue weighted by atomic mass is 32.2. The average Bonchev–Trinajstić information content (AvgIpc) is 2.52. The molecule has 9 heteroatoms. The predicted octanol–water partition coefficient (Wildman–Crippen LogP) is 2.72. The van der Waals surface area contributed by atoms with Gasteiger partial charge in [0.05, 0.1) is 4.90 Å². The number of amides is 1. The zero-order valence-corrected chi connectivity index (χ0v) is 14.0. The Morgan fingerprint density at radius 3 is 2.40 bits per heavy atom. The van der Waals surface area contributed by atoms with E-state index in [4.69, 9.17) is 0 Å². The molecule has 0 radical (unpaired) electrons. The monoisotopic (exact) mass is 372 g/mol. The maximum Gasteiger partial charge on any atom is 0.240 e. The Morgan fingerprint density at radius 2 is 1.76 bits per heavy atom. The smallest absolute Gasteiger partial charge is 0.240 e. The largest absolute Gasteiger partial charge is 0.326 e. The lowest BCUT2D eigenvalue weighted by Gasteiger charge is -2.09. The number of halogens is 3. The van der Waals surface area contributed by atoms with Gasteiger partial charge in [-0.25, -0.2) is 26.3 Å². The van der Waals surface area contributed by atoms with Crippen LogP contribution in [-0.4, -0.2) is 20.9 Å². The number of hydrogen-bond donors (Lipinski definition) is 2. The van der Waals surface area contributed by atoms with Crippen molar-refractivity contribution in [3.8, 4) is 0 Å². The molecule has 0 fully saturated rings. The van der Waals surface area contributed by atoms with Crippen LogP contribution >= 0.6 is 0 Å². The summed E-state index contributed by atoms with van der Waals surface area (Å²) in [6.07, 6.45) is -0.195. The van der Waals surface area contributed by atoms with E-state index >= 15 is 0 Å². The van der Waals surface area contributed by atoms with Crippen molar-refractivity contribution in [2.75, 3.05) is 11.9 Å². The van der Waals surface area contributed by atoms with Crippen LogP contribution in [0.1, 0.15) is 12.0 Å². The van der Waals surface area contributed by atoms with Crippen molar-refractivity contribution in [2.24, 2.45) is 0 Å². The molecule has 0 atom stereocenters. The molecule has 0 bridgehead atoms. The summed E-state index contributed by atoms with van der Waals surface area (Å²) in [6.45, 7) is 1.37. The minimum Gasteiger partial charge on any atom is -0.326 e. The molecule has 0 saturated carbocycles. The van der Waals surface area contributed by atoms with Crippen LogP contribution in [0, 0.1) is 24.4 Å². The quantitative estimate of drug-likeness (QED) is 0.819. The van der Waals surface area contributed by atoms with Gasteiger partial charge in [0.1, 0.15) is 5.82 Å². The molecule has 0 spiro atoms. The molecule has 2 N–H and O–H groups in total. The third kappa shape index (κ3) is 5.04. The first-order chi connectivity index (χ1) is 11.7. The van der Waals surface area contributed by atoms with Gasteiger partial charge in [-0.15, -0.1) is 0 Å². The SMILES string of the molecule is Cc1cc(F)ccc1NC(=O)CCNS(=O)(=O)c1ccc(F)c(F)c1. The second kappa shape index (κ2) is 7.66. The van der Waals surface area contributed by atoms with Gasteiger partial charge in [-0.1, -0.05) is 0 Å². The fourth-order valence-electron chi connectivity index (χ4n) is 2.01. The van der Waals surface area contributed by atoms with Crippen molar-refractivity contribution in [3.63, 3.8) is 0 Å². The Bertz CT molecular complexity index is 901. The minimum absolute atomic E-state index is 0.195. The Morgan fingerprint density at radius 1 is 1.04 bits per heavy atom. The van der Waals surface area contributed by atoms with E-state index in [1.807, 2.05) is 0 Å². The molecule has 0 aliphatic heterocycles. The molecule has 0 aromatic heterocycles. The lowest BCUT2D eigenvalue weighted by Crippen LogP contribution is -2.28. The number of carbonyl (C=O) groups is 1. The van der Waals surface area contributed by atoms with Crippen LogP contribution in [0.25, 0.3) is 0 Å². The van der Waals surface area contributed by atoms with Crippen molar-refractivity contribution in [1.82, 2.24) is 4.72 Å². The molecular weight excluding hydrogens is 357 g/mol. The number of benzene rings is 2. The predicted molar refractivity (Wildman–Crippen MR) is 85.9 cm³/mol. The molecule has 1 amide bonds. The average molecular weight is 372 g/mol. The fourth-order valence-corrected chi connectivity index (χ4v) is 3.05. The first kappa shape index (κ1) is 18.9. The number of carbonyl (C=O) groups excluding carboxylic acids is 1. The van der Waals surface area contributed by atoms with E-state index in [2.05, 4.69) is 10.0 Å². The summed E-state index contributed by atoms with van der Waals surface area (Å²) in [6, 6.07) is 6.01. The highest BCUT2D eigenvalue weighted by molar-refractivity contribution is 7.89. The normalized spacial score (nSPS) is 11.4. The maximum atomic E-state index is 13.1. The molecule has 0 saturated heterocycles. The van der Waals surface area contributed by atoms with E-state index < -0.39 is 38.3 Å². The molecule has 0 aliphatic rings. The number of aryl methyl sites for hydroxylation is 1. The van der Waals surface area contributed by atoms with Gasteiger partial charge in [-0.3, -0.25) is 4.79 Å². The van der Waals surface area contributed by atoms with E-state index in [-0.39, 0.29) is 13.0 Å². The molecule has 2 aromatic carbocycles. The minimum atomic E-state index is -4.07. The van der Waals surface area contributed by atoms with Gasteiger partial charge >= 0.3 is 0 Å². The standard InChI is InChI=1S/C16H15F3N2O3S/c1-10-8-11(17)2-5-15(10)21-16(22)6-7-20-25(23,24)12-3-4-13(18)14(19)9-12/h2-5,8-9,20H,6-7H2,1H3,(H,21,22). The van der Waals surface area contributed by atoms with Gasteiger partial charge in [0.2, 0.25) is 15.9 Å². The molecule has 5 nitrogen and oxygen atoms in total. The lowest BCUT2D eigenvalue weighted by molar-refractivity contribution is -0.116. The molecule has 2 aromatic rings. The summed E-state index contributed by atoms with van der Waals surface area (Å²) in [4.78, 5) is 11.4. The number of rotatable bonds is 6. The second-order valence-electron chi connectivity index (χ2n) is 5.23. The molecular formula is C16H15F3N2O3S. The van der Waals surface area contributed by atoms with Gasteiger partial charge in [0.15, 0.2) is 11.6 Å². The first-order valence-electron chi connectivity index (χ1n) is 7.20. The maximum absolute atomic E-state index is 13.1. The third-order valence-electron chi connectivity index (χ3n) is 3.31. The Hall–Kier alpha value is -2.39. The summed E-state index contributed by atoms with van der Waals surface area (Å²) in [5.74, 6) is -3.36. The van der Waals surface area contributed by atoms with E-state index in [0.29, 0.717) is 23.4 Å². The summed E-state index contributed by atoms with van der Waals surface area (Å²) >= 11 is 0. The number of sulfonamides is 1. The summed E-state index contributed by atoms with van der Waals surface area (Å²) in [5, 5.41) is 2.53. The summed E-state index contributed by atoms with van der Waals surface area (Å²) < 4.78 is 65.0. The molecule has 25 heavy (non-hydrogen) atoms. The van der Waals surface area contributed by atoms with Gasteiger partial charge in [-0.05, 0) is 48.9 Å². The van der Waals surface area contributed by atoms with Crippen LogP contribution < -0.4 is 10.0 Å². The second-order valence-corrected chi connectivity index (χ2v) is 7.00. The Kier molecular flexibility index (Phi) is 5.81. The summed E-state index contributed by atoms with van der Waals surface area (Å²) in [5.41, 5.74) is 0.936. The van der Waals surface area contributed by atoms with Crippen molar-refractivity contribution in [1.29, 1.82) is 0 Å². The fraction of sp³-hybridized carbons (Fsp3) is 0.188. The van der Waals surface area contributed by atoms with Crippen molar-refractivity contribution >= 4 is 21.6 Å². The van der Waals surface area contributed by atoms with Crippen LogP contribution in [0.5, 0.6) is 0 Å². The van der Waals surface area contributed by atoms with Crippen LogP contribution in [0.4, 0.5) is 18.9 Å². The van der Waals surface area contributed by atoms with E-state index in [1.54, 1.807) is 6.92 Å². The molecule has 0 aliphatic carbocycles. The highest BCUT2D eigenvalue weighted by Gasteiger charge is 2.16. The van der Waals surface area contributed by atoms with Crippen LogP contribution in [0.15, 0.2) is 41.3 Å². The van der Waals surface area contributed by atoms with E-state index in [1.165, 1.54) is 18.2 Å². The highest BCUT2D eigenvalue weighted by Crippen LogP contribution is 2.16. The Balaban J connectivity index is 1.92. The Labute approximate surface area is 142 Å². The third-order valence-corrected chi connectivity index (χ3v) is 4.77. The lowest BCUT2D eigenvalue weighted by atomic mass is 10.2.